The fraction of sp³-hybridized carbons (Fsp3) is 0.375. The first-order valence-electron chi connectivity index (χ1n) is 14.8. The van der Waals surface area contributed by atoms with Crippen molar-refractivity contribution in [1.82, 2.24) is 15.6 Å². The fourth-order valence-electron chi connectivity index (χ4n) is 5.18. The third kappa shape index (κ3) is 9.86. The van der Waals surface area contributed by atoms with Crippen LogP contribution in [-0.4, -0.2) is 80.9 Å². The molecule has 11 nitrogen and oxygen atoms in total. The van der Waals surface area contributed by atoms with Gasteiger partial charge >= 0.3 is 18.4 Å². The number of anilines is 1. The highest BCUT2D eigenvalue weighted by atomic mass is 35.5. The number of hydrogen-bond acceptors (Lipinski definition) is 9. The number of carbonyl (C=O) groups excluding carboxylic acids is 3. The zero-order valence-corrected chi connectivity index (χ0v) is 26.5. The van der Waals surface area contributed by atoms with Gasteiger partial charge in [-0.05, 0) is 36.1 Å². The Hall–Kier alpha value is -4.31. The minimum atomic E-state index is -4.57. The van der Waals surface area contributed by atoms with Gasteiger partial charge < -0.3 is 30.6 Å². The molecule has 258 valence electrons. The first-order chi connectivity index (χ1) is 22.9. The standard InChI is InChI=1S/C32H34ClF4N5O6/c1-46-31(45)42(29(43)28(38)27(19-5-3-2-4-6-19)20-7-9-21(33)10-8-20)26-15-39-14-25(34)24(26)12-11-23-13-40-22(16-47-23)17-48-30(44)41-18-32(35,36)37/h2-10,14-15,22-23,27-28,40H,11-13,16-18,38H2,1H3,(H,41,44)/t22-,23+,27?,28-/m0/s1. The van der Waals surface area contributed by atoms with E-state index >= 15 is 4.39 Å². The maximum Gasteiger partial charge on any atom is 0.421 e. The molecule has 0 bridgehead atoms. The Kier molecular flexibility index (Phi) is 12.7. The van der Waals surface area contributed by atoms with Crippen LogP contribution in [0.25, 0.3) is 0 Å². The number of carbonyl (C=O) groups is 3. The maximum atomic E-state index is 15.3. The highest BCUT2D eigenvalue weighted by Gasteiger charge is 2.37. The number of rotatable bonds is 11. The predicted octanol–water partition coefficient (Wildman–Crippen LogP) is 4.71. The van der Waals surface area contributed by atoms with E-state index in [-0.39, 0.29) is 43.9 Å². The van der Waals surface area contributed by atoms with Gasteiger partial charge in [0.2, 0.25) is 0 Å². The van der Waals surface area contributed by atoms with Crippen LogP contribution in [-0.2, 0) is 25.4 Å². The van der Waals surface area contributed by atoms with Gasteiger partial charge in [-0.25, -0.2) is 18.9 Å². The molecule has 4 N–H and O–H groups in total. The molecule has 0 radical (unpaired) electrons. The summed E-state index contributed by atoms with van der Waals surface area (Å²) in [5.41, 5.74) is 7.80. The second-order valence-electron chi connectivity index (χ2n) is 10.9. The third-order valence-corrected chi connectivity index (χ3v) is 7.82. The average molecular weight is 696 g/mol. The summed E-state index contributed by atoms with van der Waals surface area (Å²) in [5, 5.41) is 5.16. The van der Waals surface area contributed by atoms with E-state index in [9.17, 15) is 27.6 Å². The minimum Gasteiger partial charge on any atom is -0.452 e. The number of halogens is 5. The number of nitrogens with two attached hydrogens (primary N) is 1. The van der Waals surface area contributed by atoms with Crippen LogP contribution in [0.2, 0.25) is 5.02 Å². The summed E-state index contributed by atoms with van der Waals surface area (Å²) in [6.45, 7) is -1.46. The molecular formula is C32H34ClF4N5O6. The molecule has 3 aromatic rings. The minimum absolute atomic E-state index is 0.00547. The summed E-state index contributed by atoms with van der Waals surface area (Å²) in [4.78, 5) is 43.3. The number of amides is 3. The lowest BCUT2D eigenvalue weighted by molar-refractivity contribution is -0.124. The van der Waals surface area contributed by atoms with Gasteiger partial charge in [0.05, 0.1) is 50.0 Å². The molecule has 3 amide bonds. The number of alkyl halides is 3. The van der Waals surface area contributed by atoms with Crippen molar-refractivity contribution in [3.63, 3.8) is 0 Å². The Morgan fingerprint density at radius 3 is 2.44 bits per heavy atom. The number of methoxy groups -OCH3 is 1. The van der Waals surface area contributed by atoms with Crippen molar-refractivity contribution in [3.8, 4) is 0 Å². The molecule has 1 aromatic heterocycles. The molecule has 0 saturated carbocycles. The van der Waals surface area contributed by atoms with Crippen LogP contribution < -0.4 is 21.3 Å². The molecular weight excluding hydrogens is 662 g/mol. The van der Waals surface area contributed by atoms with Gasteiger partial charge in [-0.2, -0.15) is 13.2 Å². The summed E-state index contributed by atoms with van der Waals surface area (Å²) in [6.07, 6.45) is -4.97. The number of pyridine rings is 1. The largest absolute Gasteiger partial charge is 0.452 e. The first-order valence-corrected chi connectivity index (χ1v) is 15.2. The second kappa shape index (κ2) is 16.7. The third-order valence-electron chi connectivity index (χ3n) is 7.57. The first kappa shape index (κ1) is 36.5. The molecule has 1 saturated heterocycles. The smallest absolute Gasteiger partial charge is 0.421 e. The van der Waals surface area contributed by atoms with Crippen LogP contribution in [0.1, 0.15) is 29.0 Å². The molecule has 16 heteroatoms. The number of benzene rings is 2. The fourth-order valence-corrected chi connectivity index (χ4v) is 5.31. The average Bonchev–Trinajstić information content (AvgIpc) is 3.07. The van der Waals surface area contributed by atoms with Gasteiger partial charge in [-0.1, -0.05) is 54.1 Å². The lowest BCUT2D eigenvalue weighted by Gasteiger charge is -2.31. The summed E-state index contributed by atoms with van der Waals surface area (Å²) >= 11 is 6.09. The Labute approximate surface area is 278 Å². The lowest BCUT2D eigenvalue weighted by Crippen LogP contribution is -2.50. The van der Waals surface area contributed by atoms with Crippen LogP contribution in [0.15, 0.2) is 67.0 Å². The number of ether oxygens (including phenoxy) is 3. The van der Waals surface area contributed by atoms with Crippen LogP contribution in [0.5, 0.6) is 0 Å². The number of nitrogens with one attached hydrogen (secondary N) is 2. The van der Waals surface area contributed by atoms with Gasteiger partial charge in [-0.3, -0.25) is 9.78 Å². The zero-order valence-electron chi connectivity index (χ0n) is 25.7. The number of imide groups is 1. The molecule has 1 unspecified atom stereocenters. The summed E-state index contributed by atoms with van der Waals surface area (Å²) in [6, 6.07) is 13.9. The van der Waals surface area contributed by atoms with E-state index in [0.29, 0.717) is 21.0 Å². The normalized spacial score (nSPS) is 17.6. The highest BCUT2D eigenvalue weighted by Crippen LogP contribution is 2.32. The van der Waals surface area contributed by atoms with E-state index in [1.807, 2.05) is 6.07 Å². The Morgan fingerprint density at radius 2 is 1.81 bits per heavy atom. The number of nitrogens with zero attached hydrogens (tertiary/aromatic N) is 2. The summed E-state index contributed by atoms with van der Waals surface area (Å²) in [7, 11) is 1.08. The van der Waals surface area contributed by atoms with Crippen LogP contribution >= 0.6 is 11.6 Å². The van der Waals surface area contributed by atoms with Gasteiger partial charge in [0, 0.05) is 23.0 Å². The Bertz CT molecular complexity index is 1540. The molecule has 4 rings (SSSR count). The number of aromatic nitrogens is 1. The Morgan fingerprint density at radius 1 is 1.12 bits per heavy atom. The summed E-state index contributed by atoms with van der Waals surface area (Å²) < 4.78 is 67.7. The van der Waals surface area contributed by atoms with Crippen LogP contribution in [0.4, 0.5) is 32.8 Å². The maximum absolute atomic E-state index is 15.3. The van der Waals surface area contributed by atoms with Gasteiger partial charge in [0.25, 0.3) is 5.91 Å². The summed E-state index contributed by atoms with van der Waals surface area (Å²) in [5.74, 6) is -2.36. The highest BCUT2D eigenvalue weighted by molar-refractivity contribution is 6.30. The van der Waals surface area contributed by atoms with E-state index in [0.717, 1.165) is 13.3 Å². The van der Waals surface area contributed by atoms with Crippen molar-refractivity contribution < 1.29 is 46.2 Å². The van der Waals surface area contributed by atoms with Crippen molar-refractivity contribution in [2.45, 2.75) is 43.1 Å². The lowest BCUT2D eigenvalue weighted by atomic mass is 9.84. The molecule has 2 heterocycles. The zero-order chi connectivity index (χ0) is 34.8. The molecule has 0 spiro atoms. The number of alkyl carbamates (subject to hydrolysis) is 1. The molecule has 2 aromatic carbocycles. The van der Waals surface area contributed by atoms with E-state index in [4.69, 9.17) is 31.5 Å². The van der Waals surface area contributed by atoms with Gasteiger partial charge in [0.15, 0.2) is 0 Å². The molecule has 0 aliphatic carbocycles. The van der Waals surface area contributed by atoms with Crippen molar-refractivity contribution in [3.05, 3.63) is 94.5 Å². The van der Waals surface area contributed by atoms with E-state index < -0.39 is 60.7 Å². The SMILES string of the molecule is COC(=O)N(C(=O)[C@@H](N)C(c1ccccc1)c1ccc(Cl)cc1)c1cncc(F)c1CC[C@@H]1CN[C@H](COC(=O)NCC(F)(F)F)CO1. The quantitative estimate of drug-likeness (QED) is 0.243. The van der Waals surface area contributed by atoms with Gasteiger partial charge in [-0.15, -0.1) is 0 Å². The van der Waals surface area contributed by atoms with E-state index in [1.165, 1.54) is 6.20 Å². The molecule has 1 aliphatic rings. The monoisotopic (exact) mass is 695 g/mol. The molecule has 4 atom stereocenters. The predicted molar refractivity (Wildman–Crippen MR) is 167 cm³/mol. The van der Waals surface area contributed by atoms with Crippen LogP contribution in [0, 0.1) is 5.82 Å². The van der Waals surface area contributed by atoms with Crippen molar-refractivity contribution in [1.29, 1.82) is 0 Å². The number of hydrogen-bond donors (Lipinski definition) is 3. The molecule has 1 fully saturated rings. The number of morpholine rings is 1. The second-order valence-corrected chi connectivity index (χ2v) is 11.3. The van der Waals surface area contributed by atoms with Crippen molar-refractivity contribution in [2.24, 2.45) is 5.73 Å². The van der Waals surface area contributed by atoms with Crippen molar-refractivity contribution in [2.75, 3.05) is 38.3 Å². The van der Waals surface area contributed by atoms with Crippen molar-refractivity contribution >= 4 is 35.4 Å². The Balaban J connectivity index is 1.47. The van der Waals surface area contributed by atoms with Gasteiger partial charge in [0.1, 0.15) is 19.0 Å². The molecule has 1 aliphatic heterocycles. The molecule has 48 heavy (non-hydrogen) atoms. The van der Waals surface area contributed by atoms with Crippen LogP contribution in [0.3, 0.4) is 0 Å². The topological polar surface area (TPSA) is 145 Å². The van der Waals surface area contributed by atoms with E-state index in [2.05, 4.69) is 10.3 Å². The van der Waals surface area contributed by atoms with E-state index in [1.54, 1.807) is 53.8 Å².